The van der Waals surface area contributed by atoms with Gasteiger partial charge in [-0.2, -0.15) is 0 Å². The van der Waals surface area contributed by atoms with Gasteiger partial charge in [-0.05, 0) is 13.8 Å². The molecule has 0 saturated carbocycles. The van der Waals surface area contributed by atoms with Crippen LogP contribution in [0.2, 0.25) is 0 Å². The van der Waals surface area contributed by atoms with Gasteiger partial charge in [0.2, 0.25) is 5.91 Å². The zero-order valence-corrected chi connectivity index (χ0v) is 19.8. The lowest BCUT2D eigenvalue weighted by Crippen LogP contribution is -2.37. The second-order valence-corrected chi connectivity index (χ2v) is 10.2. The quantitative estimate of drug-likeness (QED) is 0.599. The Hall–Kier alpha value is -2.40. The Morgan fingerprint density at radius 3 is 2.43 bits per heavy atom. The molecule has 0 fully saturated rings. The highest BCUT2D eigenvalue weighted by Crippen LogP contribution is 2.28. The average molecular weight is 451 g/mol. The lowest BCUT2D eigenvalue weighted by molar-refractivity contribution is -0.113. The summed E-state index contributed by atoms with van der Waals surface area (Å²) in [5.41, 5.74) is 0.672. The molecule has 11 heteroatoms. The van der Waals surface area contributed by atoms with Crippen LogP contribution in [0, 0.1) is 0 Å². The maximum atomic E-state index is 12.7. The van der Waals surface area contributed by atoms with Crippen molar-refractivity contribution in [3.05, 3.63) is 31.9 Å². The van der Waals surface area contributed by atoms with Crippen molar-refractivity contribution >= 4 is 45.3 Å². The van der Waals surface area contributed by atoms with Crippen molar-refractivity contribution in [3.63, 3.8) is 0 Å². The standard InChI is InChI=1S/C19H26N6O3S2/c1-10(2)25-13-14(23(6)18(28)24(7)15(13)27)22-17(25)30-9-12(26)21-16-20-11(8-29-16)19(3,4)5/h8,10H,9H2,1-7H3,(H,20,21,26). The molecule has 0 aromatic carbocycles. The van der Waals surface area contributed by atoms with Crippen LogP contribution in [-0.2, 0) is 24.3 Å². The van der Waals surface area contributed by atoms with Crippen molar-refractivity contribution in [2.45, 2.75) is 51.2 Å². The molecule has 0 unspecified atom stereocenters. The number of imidazole rings is 1. The predicted molar refractivity (Wildman–Crippen MR) is 121 cm³/mol. The molecule has 9 nitrogen and oxygen atoms in total. The lowest BCUT2D eigenvalue weighted by Gasteiger charge is -2.14. The summed E-state index contributed by atoms with van der Waals surface area (Å²) in [5, 5.41) is 5.83. The molecule has 0 bridgehead atoms. The molecule has 3 aromatic heterocycles. The number of nitrogens with one attached hydrogen (secondary N) is 1. The molecular weight excluding hydrogens is 424 g/mol. The van der Waals surface area contributed by atoms with Crippen LogP contribution in [0.3, 0.4) is 0 Å². The number of amides is 1. The average Bonchev–Trinajstić information content (AvgIpc) is 3.27. The first kappa shape index (κ1) is 22.3. The highest BCUT2D eigenvalue weighted by molar-refractivity contribution is 7.99. The molecule has 1 amide bonds. The fraction of sp³-hybridized carbons (Fsp3) is 0.526. The van der Waals surface area contributed by atoms with Crippen LogP contribution < -0.4 is 16.6 Å². The van der Waals surface area contributed by atoms with Crippen LogP contribution >= 0.6 is 23.1 Å². The van der Waals surface area contributed by atoms with Crippen molar-refractivity contribution in [1.29, 1.82) is 0 Å². The first-order valence-electron chi connectivity index (χ1n) is 9.48. The molecule has 0 spiro atoms. The number of fused-ring (bicyclic) bond motifs is 1. The minimum atomic E-state index is -0.436. The van der Waals surface area contributed by atoms with E-state index < -0.39 is 11.2 Å². The third kappa shape index (κ3) is 4.08. The monoisotopic (exact) mass is 450 g/mol. The van der Waals surface area contributed by atoms with Gasteiger partial charge in [0, 0.05) is 30.9 Å². The maximum absolute atomic E-state index is 12.7. The molecule has 0 aliphatic heterocycles. The third-order valence-corrected chi connectivity index (χ3v) is 6.34. The maximum Gasteiger partial charge on any atom is 0.332 e. The summed E-state index contributed by atoms with van der Waals surface area (Å²) < 4.78 is 4.19. The molecule has 30 heavy (non-hydrogen) atoms. The van der Waals surface area contributed by atoms with E-state index >= 15 is 0 Å². The Labute approximate surface area is 182 Å². The zero-order valence-electron chi connectivity index (χ0n) is 18.1. The van der Waals surface area contributed by atoms with E-state index in [4.69, 9.17) is 0 Å². The normalized spacial score (nSPS) is 12.1. The summed E-state index contributed by atoms with van der Waals surface area (Å²) in [6.45, 7) is 10.1. The summed E-state index contributed by atoms with van der Waals surface area (Å²) in [4.78, 5) is 46.4. The number of thioether (sulfide) groups is 1. The summed E-state index contributed by atoms with van der Waals surface area (Å²) in [6, 6.07) is -0.0703. The summed E-state index contributed by atoms with van der Waals surface area (Å²) >= 11 is 2.61. The third-order valence-electron chi connectivity index (χ3n) is 4.63. The Bertz CT molecular complexity index is 1230. The van der Waals surface area contributed by atoms with Gasteiger partial charge in [-0.3, -0.25) is 18.7 Å². The highest BCUT2D eigenvalue weighted by Gasteiger charge is 2.22. The van der Waals surface area contributed by atoms with Crippen LogP contribution in [0.5, 0.6) is 0 Å². The van der Waals surface area contributed by atoms with Gasteiger partial charge in [-0.15, -0.1) is 11.3 Å². The summed E-state index contributed by atoms with van der Waals surface area (Å²) in [5.74, 6) is -0.103. The van der Waals surface area contributed by atoms with Crippen molar-refractivity contribution in [3.8, 4) is 0 Å². The van der Waals surface area contributed by atoms with Gasteiger partial charge in [0.15, 0.2) is 21.5 Å². The molecule has 0 atom stereocenters. The van der Waals surface area contributed by atoms with E-state index in [0.717, 1.165) is 10.3 Å². The number of nitrogens with zero attached hydrogens (tertiary/aromatic N) is 5. The van der Waals surface area contributed by atoms with E-state index in [0.29, 0.717) is 21.5 Å². The second-order valence-electron chi connectivity index (χ2n) is 8.36. The van der Waals surface area contributed by atoms with Gasteiger partial charge >= 0.3 is 5.69 Å². The molecule has 1 N–H and O–H groups in total. The Morgan fingerprint density at radius 2 is 1.87 bits per heavy atom. The van der Waals surface area contributed by atoms with Gasteiger partial charge in [0.25, 0.3) is 5.56 Å². The van der Waals surface area contributed by atoms with E-state index in [9.17, 15) is 14.4 Å². The van der Waals surface area contributed by atoms with E-state index in [1.54, 1.807) is 11.6 Å². The highest BCUT2D eigenvalue weighted by atomic mass is 32.2. The van der Waals surface area contributed by atoms with Crippen molar-refractivity contribution in [2.24, 2.45) is 14.1 Å². The van der Waals surface area contributed by atoms with E-state index in [-0.39, 0.29) is 23.1 Å². The predicted octanol–water partition coefficient (Wildman–Crippen LogP) is 2.50. The Morgan fingerprint density at radius 1 is 1.20 bits per heavy atom. The van der Waals surface area contributed by atoms with Gasteiger partial charge in [-0.25, -0.2) is 14.8 Å². The van der Waals surface area contributed by atoms with E-state index in [2.05, 4.69) is 36.1 Å². The first-order chi connectivity index (χ1) is 13.9. The molecule has 0 radical (unpaired) electrons. The largest absolute Gasteiger partial charge is 0.332 e. The minimum Gasteiger partial charge on any atom is -0.311 e. The molecular formula is C19H26N6O3S2. The molecule has 162 valence electrons. The smallest absolute Gasteiger partial charge is 0.311 e. The Balaban J connectivity index is 1.86. The fourth-order valence-corrected chi connectivity index (χ4v) is 4.81. The number of hydrogen-bond acceptors (Lipinski definition) is 7. The van der Waals surface area contributed by atoms with Crippen LogP contribution in [0.1, 0.15) is 46.4 Å². The number of thiazole rings is 1. The zero-order chi connectivity index (χ0) is 22.4. The van der Waals surface area contributed by atoms with Gasteiger partial charge in [-0.1, -0.05) is 32.5 Å². The minimum absolute atomic E-state index is 0.0703. The van der Waals surface area contributed by atoms with Gasteiger partial charge < -0.3 is 9.88 Å². The summed E-state index contributed by atoms with van der Waals surface area (Å²) in [7, 11) is 3.03. The van der Waals surface area contributed by atoms with Crippen LogP contribution in [-0.4, -0.2) is 35.3 Å². The van der Waals surface area contributed by atoms with Crippen LogP contribution in [0.4, 0.5) is 5.13 Å². The number of carbonyl (C=O) groups is 1. The van der Waals surface area contributed by atoms with Crippen LogP contribution in [0.25, 0.3) is 11.2 Å². The molecule has 0 aliphatic rings. The number of hydrogen-bond donors (Lipinski definition) is 1. The van der Waals surface area contributed by atoms with Crippen molar-refractivity contribution in [1.82, 2.24) is 23.7 Å². The van der Waals surface area contributed by atoms with E-state index in [1.807, 2.05) is 19.2 Å². The van der Waals surface area contributed by atoms with Gasteiger partial charge in [0.1, 0.15) is 0 Å². The molecule has 3 heterocycles. The number of rotatable bonds is 5. The second kappa shape index (κ2) is 8.03. The number of aryl methyl sites for hydroxylation is 1. The summed E-state index contributed by atoms with van der Waals surface area (Å²) in [6.07, 6.45) is 0. The number of carbonyl (C=O) groups excluding carboxylic acids is 1. The molecule has 3 aromatic rings. The van der Waals surface area contributed by atoms with E-state index in [1.165, 1.54) is 34.7 Å². The van der Waals surface area contributed by atoms with Crippen molar-refractivity contribution in [2.75, 3.05) is 11.1 Å². The van der Waals surface area contributed by atoms with Crippen molar-refractivity contribution < 1.29 is 4.79 Å². The van der Waals surface area contributed by atoms with Crippen LogP contribution in [0.15, 0.2) is 20.1 Å². The number of anilines is 1. The Kier molecular flexibility index (Phi) is 5.96. The SMILES string of the molecule is CC(C)n1c(SCC(=O)Nc2nc(C(C)(C)C)cs2)nc2c1c(=O)n(C)c(=O)n2C. The molecule has 0 aliphatic carbocycles. The molecule has 3 rings (SSSR count). The fourth-order valence-electron chi connectivity index (χ4n) is 2.94. The van der Waals surface area contributed by atoms with Gasteiger partial charge in [0.05, 0.1) is 11.4 Å². The lowest BCUT2D eigenvalue weighted by atomic mass is 9.93. The number of aromatic nitrogens is 5. The topological polar surface area (TPSA) is 104 Å². The first-order valence-corrected chi connectivity index (χ1v) is 11.3. The molecule has 0 saturated heterocycles.